The zero-order valence-corrected chi connectivity index (χ0v) is 14.3. The van der Waals surface area contributed by atoms with Gasteiger partial charge < -0.3 is 14.8 Å². The number of benzene rings is 2. The molecule has 4 rings (SSSR count). The van der Waals surface area contributed by atoms with Crippen molar-refractivity contribution in [2.45, 2.75) is 19.4 Å². The normalized spacial score (nSPS) is 14.8. The number of hydrogen-bond acceptors (Lipinski definition) is 4. The zero-order chi connectivity index (χ0) is 16.8. The molecular formula is C20H24N2O2. The van der Waals surface area contributed by atoms with Crippen molar-refractivity contribution in [3.8, 4) is 11.5 Å². The molecule has 2 heterocycles. The summed E-state index contributed by atoms with van der Waals surface area (Å²) >= 11 is 0. The molecule has 0 atom stereocenters. The lowest BCUT2D eigenvalue weighted by Crippen LogP contribution is -2.23. The largest absolute Gasteiger partial charge is 0.497 e. The summed E-state index contributed by atoms with van der Waals surface area (Å²) in [6, 6.07) is 12.4. The van der Waals surface area contributed by atoms with Crippen LogP contribution in [-0.2, 0) is 19.4 Å². The maximum atomic E-state index is 5.16. The summed E-state index contributed by atoms with van der Waals surface area (Å²) in [5, 5.41) is 3.34. The minimum Gasteiger partial charge on any atom is -0.497 e. The molecule has 0 aromatic heterocycles. The minimum absolute atomic E-state index is 0.903. The summed E-state index contributed by atoms with van der Waals surface area (Å²) < 4.78 is 10.3. The van der Waals surface area contributed by atoms with Crippen molar-refractivity contribution in [3.05, 3.63) is 58.7 Å². The molecule has 0 saturated heterocycles. The SMILES string of the molecule is COc1ccc2c(c1)CCN=C2.COc1ccc2c(c1)CCNC2. The van der Waals surface area contributed by atoms with Crippen molar-refractivity contribution in [3.63, 3.8) is 0 Å². The number of rotatable bonds is 2. The molecule has 0 amide bonds. The number of fused-ring (bicyclic) bond motifs is 2. The topological polar surface area (TPSA) is 42.9 Å². The van der Waals surface area contributed by atoms with Crippen molar-refractivity contribution in [1.29, 1.82) is 0 Å². The molecule has 0 aliphatic carbocycles. The fourth-order valence-corrected chi connectivity index (χ4v) is 2.98. The van der Waals surface area contributed by atoms with E-state index < -0.39 is 0 Å². The van der Waals surface area contributed by atoms with Gasteiger partial charge in [0.25, 0.3) is 0 Å². The first-order valence-electron chi connectivity index (χ1n) is 8.33. The number of aliphatic imine (C=N–C) groups is 1. The minimum atomic E-state index is 0.903. The van der Waals surface area contributed by atoms with Crippen LogP contribution in [0.3, 0.4) is 0 Å². The van der Waals surface area contributed by atoms with Crippen molar-refractivity contribution >= 4 is 6.21 Å². The highest BCUT2D eigenvalue weighted by Crippen LogP contribution is 2.20. The van der Waals surface area contributed by atoms with Crippen LogP contribution in [0.5, 0.6) is 11.5 Å². The van der Waals surface area contributed by atoms with Crippen molar-refractivity contribution in [2.24, 2.45) is 4.99 Å². The Balaban J connectivity index is 0.000000141. The maximum Gasteiger partial charge on any atom is 0.119 e. The van der Waals surface area contributed by atoms with Crippen LogP contribution in [0.25, 0.3) is 0 Å². The smallest absolute Gasteiger partial charge is 0.119 e. The summed E-state index contributed by atoms with van der Waals surface area (Å²) in [5.74, 6) is 1.90. The molecule has 0 radical (unpaired) electrons. The van der Waals surface area contributed by atoms with Gasteiger partial charge in [-0.05, 0) is 72.0 Å². The highest BCUT2D eigenvalue weighted by molar-refractivity contribution is 5.83. The Bertz CT molecular complexity index is 726. The van der Waals surface area contributed by atoms with E-state index in [9.17, 15) is 0 Å². The molecule has 0 spiro atoms. The summed E-state index contributed by atoms with van der Waals surface area (Å²) in [5.41, 5.74) is 5.39. The van der Waals surface area contributed by atoms with Crippen LogP contribution in [0.1, 0.15) is 22.3 Å². The monoisotopic (exact) mass is 324 g/mol. The number of nitrogens with zero attached hydrogens (tertiary/aromatic N) is 1. The molecule has 0 saturated carbocycles. The van der Waals surface area contributed by atoms with E-state index in [1.165, 1.54) is 22.3 Å². The highest BCUT2D eigenvalue weighted by Gasteiger charge is 2.08. The van der Waals surface area contributed by atoms with Gasteiger partial charge in [-0.15, -0.1) is 0 Å². The van der Waals surface area contributed by atoms with E-state index in [1.807, 2.05) is 18.3 Å². The molecule has 2 aromatic rings. The van der Waals surface area contributed by atoms with Gasteiger partial charge in [-0.25, -0.2) is 0 Å². The Hall–Kier alpha value is -2.33. The van der Waals surface area contributed by atoms with Gasteiger partial charge in [-0.1, -0.05) is 6.07 Å². The molecule has 2 aliphatic rings. The van der Waals surface area contributed by atoms with Crippen LogP contribution in [0, 0.1) is 0 Å². The Labute approximate surface area is 143 Å². The Morgan fingerprint density at radius 2 is 1.62 bits per heavy atom. The Kier molecular flexibility index (Phi) is 5.49. The summed E-state index contributed by atoms with van der Waals surface area (Å²) in [6.07, 6.45) is 4.08. The predicted molar refractivity (Wildman–Crippen MR) is 97.6 cm³/mol. The second-order valence-electron chi connectivity index (χ2n) is 5.91. The molecular weight excluding hydrogens is 300 g/mol. The van der Waals surface area contributed by atoms with E-state index in [0.29, 0.717) is 0 Å². The molecule has 126 valence electrons. The van der Waals surface area contributed by atoms with Gasteiger partial charge in [0.05, 0.1) is 14.2 Å². The lowest BCUT2D eigenvalue weighted by atomic mass is 10.0. The first-order valence-corrected chi connectivity index (χ1v) is 8.33. The van der Waals surface area contributed by atoms with Crippen molar-refractivity contribution in [2.75, 3.05) is 27.3 Å². The number of ether oxygens (including phenoxy) is 2. The predicted octanol–water partition coefficient (Wildman–Crippen LogP) is 3.01. The van der Waals surface area contributed by atoms with E-state index >= 15 is 0 Å². The van der Waals surface area contributed by atoms with Crippen LogP contribution in [-0.4, -0.2) is 33.5 Å². The zero-order valence-electron chi connectivity index (χ0n) is 14.3. The van der Waals surface area contributed by atoms with Crippen LogP contribution in [0.15, 0.2) is 41.4 Å². The molecule has 0 unspecified atom stereocenters. The lowest BCUT2D eigenvalue weighted by Gasteiger charge is -2.17. The maximum absolute atomic E-state index is 5.16. The third kappa shape index (κ3) is 3.95. The van der Waals surface area contributed by atoms with Gasteiger partial charge in [0.15, 0.2) is 0 Å². The van der Waals surface area contributed by atoms with Gasteiger partial charge in [-0.2, -0.15) is 0 Å². The van der Waals surface area contributed by atoms with Gasteiger partial charge in [0.2, 0.25) is 0 Å². The standard InChI is InChI=1S/C10H13NO.C10H11NO/c2*1-12-10-3-2-9-7-11-5-4-8(9)6-10/h2-3,6,11H,4-5,7H2,1H3;2-3,6-7H,4-5H2,1H3. The van der Waals surface area contributed by atoms with Gasteiger partial charge in [0.1, 0.15) is 11.5 Å². The van der Waals surface area contributed by atoms with E-state index in [0.717, 1.165) is 44.0 Å². The van der Waals surface area contributed by atoms with Crippen LogP contribution in [0.2, 0.25) is 0 Å². The van der Waals surface area contributed by atoms with Gasteiger partial charge in [-0.3, -0.25) is 4.99 Å². The second kappa shape index (κ2) is 7.97. The number of methoxy groups -OCH3 is 2. The number of hydrogen-bond donors (Lipinski definition) is 1. The average molecular weight is 324 g/mol. The molecule has 2 aromatic carbocycles. The number of nitrogens with one attached hydrogen (secondary N) is 1. The fourth-order valence-electron chi connectivity index (χ4n) is 2.98. The Morgan fingerprint density at radius 1 is 0.875 bits per heavy atom. The van der Waals surface area contributed by atoms with Crippen molar-refractivity contribution in [1.82, 2.24) is 5.32 Å². The Morgan fingerprint density at radius 3 is 2.42 bits per heavy atom. The van der Waals surface area contributed by atoms with Gasteiger partial charge in [0, 0.05) is 19.3 Å². The molecule has 0 bridgehead atoms. The van der Waals surface area contributed by atoms with E-state index in [-0.39, 0.29) is 0 Å². The lowest BCUT2D eigenvalue weighted by molar-refractivity contribution is 0.413. The average Bonchev–Trinajstić information content (AvgIpc) is 2.67. The molecule has 4 nitrogen and oxygen atoms in total. The molecule has 24 heavy (non-hydrogen) atoms. The summed E-state index contributed by atoms with van der Waals surface area (Å²) in [6.45, 7) is 2.99. The second-order valence-corrected chi connectivity index (χ2v) is 5.91. The third-order valence-corrected chi connectivity index (χ3v) is 4.39. The molecule has 2 aliphatic heterocycles. The fraction of sp³-hybridized carbons (Fsp3) is 0.350. The summed E-state index contributed by atoms with van der Waals surface area (Å²) in [7, 11) is 3.40. The van der Waals surface area contributed by atoms with Gasteiger partial charge >= 0.3 is 0 Å². The van der Waals surface area contributed by atoms with Crippen molar-refractivity contribution < 1.29 is 9.47 Å². The molecule has 4 heteroatoms. The molecule has 1 N–H and O–H groups in total. The quantitative estimate of drug-likeness (QED) is 0.923. The van der Waals surface area contributed by atoms with E-state index in [1.54, 1.807) is 14.2 Å². The van der Waals surface area contributed by atoms with E-state index in [4.69, 9.17) is 9.47 Å². The third-order valence-electron chi connectivity index (χ3n) is 4.39. The van der Waals surface area contributed by atoms with Crippen LogP contribution in [0.4, 0.5) is 0 Å². The van der Waals surface area contributed by atoms with Crippen LogP contribution >= 0.6 is 0 Å². The summed E-state index contributed by atoms with van der Waals surface area (Å²) in [4.78, 5) is 4.21. The van der Waals surface area contributed by atoms with Crippen LogP contribution < -0.4 is 14.8 Å². The first-order chi connectivity index (χ1) is 11.8. The molecule has 0 fully saturated rings. The highest BCUT2D eigenvalue weighted by atomic mass is 16.5. The van der Waals surface area contributed by atoms with E-state index in [2.05, 4.69) is 34.6 Å². The first kappa shape index (κ1) is 16.5.